The van der Waals surface area contributed by atoms with Crippen LogP contribution < -0.4 is 16.0 Å². The number of tetrazole rings is 1. The van der Waals surface area contributed by atoms with E-state index in [2.05, 4.69) is 41.7 Å². The Morgan fingerprint density at radius 3 is 2.50 bits per heavy atom. The first-order valence-electron chi connectivity index (χ1n) is 14.4. The number of anilines is 1. The molecule has 0 saturated carbocycles. The Labute approximate surface area is 270 Å². The first-order chi connectivity index (χ1) is 22.2. The average Bonchev–Trinajstić information content (AvgIpc) is 3.59. The van der Waals surface area contributed by atoms with E-state index in [1.54, 1.807) is 56.5 Å². The fraction of sp³-hybridized carbons (Fsp3) is 0.182. The molecular weight excluding hydrogens is 606 g/mol. The number of benzene rings is 3. The van der Waals surface area contributed by atoms with E-state index in [4.69, 9.17) is 11.6 Å². The molecule has 0 aliphatic heterocycles. The Bertz CT molecular complexity index is 1810. The number of aliphatic hydroxyl groups is 1. The Balaban J connectivity index is 1.35. The van der Waals surface area contributed by atoms with Crippen molar-refractivity contribution in [3.63, 3.8) is 0 Å². The smallest absolute Gasteiger partial charge is 0.319 e. The summed E-state index contributed by atoms with van der Waals surface area (Å²) < 4.78 is 1.49. The molecule has 5 rings (SSSR count). The van der Waals surface area contributed by atoms with Crippen molar-refractivity contribution in [1.29, 1.82) is 0 Å². The van der Waals surface area contributed by atoms with Gasteiger partial charge >= 0.3 is 6.03 Å². The summed E-state index contributed by atoms with van der Waals surface area (Å²) in [6.45, 7) is 3.26. The number of nitrogens with one attached hydrogen (secondary N) is 3. The van der Waals surface area contributed by atoms with Gasteiger partial charge in [-0.05, 0) is 84.3 Å². The molecule has 0 radical (unpaired) electrons. The van der Waals surface area contributed by atoms with Gasteiger partial charge in [-0.2, -0.15) is 14.9 Å². The quantitative estimate of drug-likeness (QED) is 0.151. The van der Waals surface area contributed by atoms with E-state index in [9.17, 15) is 14.7 Å². The highest BCUT2D eigenvalue weighted by molar-refractivity contribution is 6.30. The molecule has 0 spiro atoms. The van der Waals surface area contributed by atoms with Crippen LogP contribution in [-0.4, -0.2) is 59.6 Å². The Hall–Kier alpha value is -5.46. The topological polar surface area (TPSA) is 160 Å². The largest absolute Gasteiger partial charge is 0.394 e. The van der Waals surface area contributed by atoms with Crippen LogP contribution in [0.1, 0.15) is 36.7 Å². The first kappa shape index (κ1) is 31.9. The van der Waals surface area contributed by atoms with E-state index < -0.39 is 17.6 Å². The van der Waals surface area contributed by atoms with Gasteiger partial charge in [0.2, 0.25) is 5.91 Å². The predicted molar refractivity (Wildman–Crippen MR) is 175 cm³/mol. The van der Waals surface area contributed by atoms with Gasteiger partial charge in [0, 0.05) is 27.9 Å². The van der Waals surface area contributed by atoms with E-state index in [-0.39, 0.29) is 12.5 Å². The zero-order valence-corrected chi connectivity index (χ0v) is 25.9. The molecule has 46 heavy (non-hydrogen) atoms. The molecular formula is C33H32ClN9O3. The zero-order valence-electron chi connectivity index (χ0n) is 25.1. The molecule has 0 saturated heterocycles. The van der Waals surface area contributed by atoms with Crippen molar-refractivity contribution >= 4 is 35.3 Å². The lowest BCUT2D eigenvalue weighted by atomic mass is 10.00. The van der Waals surface area contributed by atoms with Gasteiger partial charge in [-0.15, -0.1) is 5.10 Å². The number of hydrogen-bond donors (Lipinski definition) is 4. The molecule has 12 nitrogen and oxygen atoms in total. The third-order valence-electron chi connectivity index (χ3n) is 6.95. The third kappa shape index (κ3) is 8.58. The third-order valence-corrected chi connectivity index (χ3v) is 7.19. The highest BCUT2D eigenvalue weighted by Crippen LogP contribution is 2.25. The van der Waals surface area contributed by atoms with E-state index in [1.807, 2.05) is 48.5 Å². The molecule has 2 heterocycles. The minimum absolute atomic E-state index is 0.191. The van der Waals surface area contributed by atoms with Crippen molar-refractivity contribution in [2.75, 3.05) is 11.9 Å². The Morgan fingerprint density at radius 1 is 1.00 bits per heavy atom. The molecule has 4 N–H and O–H groups in total. The van der Waals surface area contributed by atoms with Crippen molar-refractivity contribution < 1.29 is 14.7 Å². The minimum Gasteiger partial charge on any atom is -0.394 e. The fourth-order valence-electron chi connectivity index (χ4n) is 4.57. The molecule has 234 valence electrons. The number of amides is 3. The second-order valence-electron chi connectivity index (χ2n) is 11.1. The van der Waals surface area contributed by atoms with Crippen LogP contribution in [0.3, 0.4) is 0 Å². The van der Waals surface area contributed by atoms with Crippen LogP contribution in [0.5, 0.6) is 0 Å². The molecule has 2 aromatic heterocycles. The van der Waals surface area contributed by atoms with Crippen LogP contribution in [-0.2, 0) is 11.2 Å². The van der Waals surface area contributed by atoms with Gasteiger partial charge < -0.3 is 21.1 Å². The molecule has 5 aromatic rings. The van der Waals surface area contributed by atoms with Crippen LogP contribution >= 0.6 is 11.6 Å². The summed E-state index contributed by atoms with van der Waals surface area (Å²) in [5, 5.41) is 38.4. The number of aliphatic hydroxyl groups excluding tert-OH is 1. The molecule has 0 aliphatic rings. The standard InChI is InChI=1S/C33H32ClN9O3/c1-33(2,20-44)39-32(46)37-27-12-8-23(9-13-27)25-18-29(40-35-19-25)28(16-22-6-4-3-5-7-22)38-31(45)15-10-24-17-26(34)11-14-30(24)43-21-36-41-42-43/h3-15,17-19,21,28,44H,16,20H2,1-2H3,(H,38,45)(H2,37,39,46)/b15-10+. The van der Waals surface area contributed by atoms with Gasteiger partial charge in [0.15, 0.2) is 0 Å². The summed E-state index contributed by atoms with van der Waals surface area (Å²) in [6.07, 6.45) is 6.67. The van der Waals surface area contributed by atoms with Crippen LogP contribution in [0.2, 0.25) is 5.02 Å². The van der Waals surface area contributed by atoms with Crippen molar-refractivity contribution in [3.8, 4) is 16.8 Å². The predicted octanol–water partition coefficient (Wildman–Crippen LogP) is 4.78. The summed E-state index contributed by atoms with van der Waals surface area (Å²) in [5.74, 6) is -0.339. The Kier molecular flexibility index (Phi) is 10.1. The number of rotatable bonds is 11. The van der Waals surface area contributed by atoms with Gasteiger partial charge in [-0.3, -0.25) is 4.79 Å². The van der Waals surface area contributed by atoms with Crippen molar-refractivity contribution in [1.82, 2.24) is 41.0 Å². The number of halogens is 1. The highest BCUT2D eigenvalue weighted by Gasteiger charge is 2.20. The molecule has 13 heteroatoms. The summed E-state index contributed by atoms with van der Waals surface area (Å²) in [6, 6.07) is 23.2. The molecule has 1 atom stereocenters. The average molecular weight is 638 g/mol. The number of carbonyl (C=O) groups excluding carboxylic acids is 2. The van der Waals surface area contributed by atoms with E-state index in [1.165, 1.54) is 17.1 Å². The molecule has 0 fully saturated rings. The molecule has 0 aliphatic carbocycles. The summed E-state index contributed by atoms with van der Waals surface area (Å²) in [7, 11) is 0. The van der Waals surface area contributed by atoms with Crippen LogP contribution in [0.15, 0.2) is 97.5 Å². The van der Waals surface area contributed by atoms with E-state index >= 15 is 0 Å². The summed E-state index contributed by atoms with van der Waals surface area (Å²) in [5.41, 5.74) is 4.37. The number of urea groups is 1. The van der Waals surface area contributed by atoms with E-state index in [0.29, 0.717) is 34.1 Å². The maximum absolute atomic E-state index is 13.3. The first-order valence-corrected chi connectivity index (χ1v) is 14.8. The maximum atomic E-state index is 13.3. The SMILES string of the molecule is CC(C)(CO)NC(=O)Nc1ccc(-c2cnnc(C(Cc3ccccc3)NC(=O)/C=C/c3cc(Cl)ccc3-n3cnnn3)c2)cc1. The normalized spacial score (nSPS) is 12.1. The molecule has 3 amide bonds. The van der Waals surface area contributed by atoms with Crippen molar-refractivity contribution in [2.24, 2.45) is 0 Å². The maximum Gasteiger partial charge on any atom is 0.319 e. The Morgan fingerprint density at radius 2 is 1.78 bits per heavy atom. The number of carbonyl (C=O) groups is 2. The summed E-state index contributed by atoms with van der Waals surface area (Å²) >= 11 is 6.23. The van der Waals surface area contributed by atoms with Crippen LogP contribution in [0, 0.1) is 0 Å². The lowest BCUT2D eigenvalue weighted by Gasteiger charge is -2.23. The van der Waals surface area contributed by atoms with Gasteiger partial charge in [-0.1, -0.05) is 54.1 Å². The van der Waals surface area contributed by atoms with Crippen LogP contribution in [0.25, 0.3) is 22.9 Å². The monoisotopic (exact) mass is 637 g/mol. The number of aromatic nitrogens is 6. The molecule has 3 aromatic carbocycles. The minimum atomic E-state index is -0.751. The number of nitrogens with zero attached hydrogens (tertiary/aromatic N) is 6. The van der Waals surface area contributed by atoms with E-state index in [0.717, 1.165) is 16.7 Å². The van der Waals surface area contributed by atoms with Gasteiger partial charge in [-0.25, -0.2) is 4.79 Å². The van der Waals surface area contributed by atoms with Gasteiger partial charge in [0.05, 0.1) is 35.8 Å². The second-order valence-corrected chi connectivity index (χ2v) is 11.5. The van der Waals surface area contributed by atoms with Gasteiger partial charge in [0.25, 0.3) is 0 Å². The van der Waals surface area contributed by atoms with Gasteiger partial charge in [0.1, 0.15) is 6.33 Å². The number of hydrogen-bond acceptors (Lipinski definition) is 8. The van der Waals surface area contributed by atoms with Crippen molar-refractivity contribution in [2.45, 2.75) is 31.8 Å². The zero-order chi connectivity index (χ0) is 32.5. The van der Waals surface area contributed by atoms with Crippen molar-refractivity contribution in [3.05, 3.63) is 119 Å². The summed E-state index contributed by atoms with van der Waals surface area (Å²) in [4.78, 5) is 25.6. The van der Waals surface area contributed by atoms with Crippen LogP contribution in [0.4, 0.5) is 10.5 Å². The lowest BCUT2D eigenvalue weighted by molar-refractivity contribution is -0.117. The fourth-order valence-corrected chi connectivity index (χ4v) is 4.75. The highest BCUT2D eigenvalue weighted by atomic mass is 35.5. The lowest BCUT2D eigenvalue weighted by Crippen LogP contribution is -2.48. The second kappa shape index (κ2) is 14.5. The molecule has 0 bridgehead atoms. The molecule has 1 unspecified atom stereocenters.